The summed E-state index contributed by atoms with van der Waals surface area (Å²) in [6, 6.07) is 3.77. The minimum Gasteiger partial charge on any atom is -0.470 e. The van der Waals surface area contributed by atoms with Crippen LogP contribution in [0.25, 0.3) is 11.0 Å². The van der Waals surface area contributed by atoms with Gasteiger partial charge in [0.15, 0.2) is 0 Å². The smallest absolute Gasteiger partial charge is 0.278 e. The van der Waals surface area contributed by atoms with E-state index in [9.17, 15) is 8.78 Å². The summed E-state index contributed by atoms with van der Waals surface area (Å²) in [5, 5.41) is 0.834. The number of nitrogens with zero attached hydrogens (tertiary/aromatic N) is 2. The third-order valence-corrected chi connectivity index (χ3v) is 5.08. The number of rotatable bonds is 4. The molecule has 0 unspecified atom stereocenters. The Morgan fingerprint density at radius 1 is 1.19 bits per heavy atom. The lowest BCUT2D eigenvalue weighted by atomic mass is 9.89. The van der Waals surface area contributed by atoms with Crippen molar-refractivity contribution >= 4 is 22.6 Å². The lowest BCUT2D eigenvalue weighted by molar-refractivity contribution is 0.271. The average molecular weight is 379 g/mol. The van der Waals surface area contributed by atoms with Crippen molar-refractivity contribution < 1.29 is 17.9 Å². The second-order valence-electron chi connectivity index (χ2n) is 6.50. The Kier molecular flexibility index (Phi) is 4.76. The van der Waals surface area contributed by atoms with Crippen LogP contribution in [0.15, 0.2) is 28.8 Å². The first kappa shape index (κ1) is 17.2. The van der Waals surface area contributed by atoms with E-state index in [1.807, 2.05) is 0 Å². The number of benzene rings is 1. The van der Waals surface area contributed by atoms with Crippen molar-refractivity contribution in [1.29, 1.82) is 0 Å². The van der Waals surface area contributed by atoms with E-state index in [2.05, 4.69) is 9.97 Å². The zero-order valence-corrected chi connectivity index (χ0v) is 14.7. The lowest BCUT2D eigenvalue weighted by Gasteiger charge is -2.20. The molecule has 0 radical (unpaired) electrons. The fourth-order valence-electron chi connectivity index (χ4n) is 3.40. The first-order valence-electron chi connectivity index (χ1n) is 8.63. The third kappa shape index (κ3) is 3.38. The SMILES string of the molecule is Fc1cc2c(Cl)ccc(COc3nc(C4CCCCC4)ncc3F)c2o1. The number of hydrogen-bond acceptors (Lipinski definition) is 4. The van der Waals surface area contributed by atoms with Gasteiger partial charge in [-0.3, -0.25) is 0 Å². The van der Waals surface area contributed by atoms with Crippen molar-refractivity contribution in [1.82, 2.24) is 9.97 Å². The van der Waals surface area contributed by atoms with Crippen molar-refractivity contribution in [3.05, 3.63) is 52.6 Å². The van der Waals surface area contributed by atoms with Crippen molar-refractivity contribution in [3.63, 3.8) is 0 Å². The van der Waals surface area contributed by atoms with Crippen LogP contribution in [-0.4, -0.2) is 9.97 Å². The Bertz CT molecular complexity index is 939. The summed E-state index contributed by atoms with van der Waals surface area (Å²) in [6.45, 7) is -0.0152. The molecule has 0 amide bonds. The molecule has 1 aromatic carbocycles. The third-order valence-electron chi connectivity index (χ3n) is 4.75. The Hall–Kier alpha value is -2.21. The van der Waals surface area contributed by atoms with Crippen LogP contribution >= 0.6 is 11.6 Å². The van der Waals surface area contributed by atoms with E-state index in [0.717, 1.165) is 31.9 Å². The maximum absolute atomic E-state index is 14.1. The molecule has 1 fully saturated rings. The summed E-state index contributed by atoms with van der Waals surface area (Å²) < 4.78 is 38.1. The van der Waals surface area contributed by atoms with Crippen molar-refractivity contribution in [2.75, 3.05) is 0 Å². The van der Waals surface area contributed by atoms with Gasteiger partial charge in [-0.25, -0.2) is 4.98 Å². The Labute approximate surface area is 154 Å². The van der Waals surface area contributed by atoms with Crippen LogP contribution < -0.4 is 4.74 Å². The number of aromatic nitrogens is 2. The molecule has 0 atom stereocenters. The summed E-state index contributed by atoms with van der Waals surface area (Å²) in [4.78, 5) is 8.41. The van der Waals surface area contributed by atoms with Crippen LogP contribution in [0.5, 0.6) is 5.88 Å². The molecule has 0 bridgehead atoms. The minimum atomic E-state index is -0.734. The number of ether oxygens (including phenoxy) is 1. The van der Waals surface area contributed by atoms with Gasteiger partial charge in [-0.1, -0.05) is 36.9 Å². The largest absolute Gasteiger partial charge is 0.470 e. The van der Waals surface area contributed by atoms with Gasteiger partial charge in [0.25, 0.3) is 11.9 Å². The quantitative estimate of drug-likeness (QED) is 0.577. The molecular formula is C19H17ClF2N2O2. The van der Waals surface area contributed by atoms with E-state index in [1.54, 1.807) is 12.1 Å². The normalized spacial score (nSPS) is 15.5. The summed E-state index contributed by atoms with van der Waals surface area (Å²) in [7, 11) is 0. The molecule has 0 N–H and O–H groups in total. The molecule has 0 aliphatic heterocycles. The fraction of sp³-hybridized carbons (Fsp3) is 0.368. The maximum Gasteiger partial charge on any atom is 0.278 e. The predicted molar refractivity (Wildman–Crippen MR) is 93.3 cm³/mol. The molecule has 136 valence electrons. The monoisotopic (exact) mass is 378 g/mol. The van der Waals surface area contributed by atoms with Crippen LogP contribution in [-0.2, 0) is 6.61 Å². The van der Waals surface area contributed by atoms with Crippen LogP contribution in [0.4, 0.5) is 8.78 Å². The van der Waals surface area contributed by atoms with Crippen LogP contribution in [0.3, 0.4) is 0 Å². The summed E-state index contributed by atoms with van der Waals surface area (Å²) in [5.41, 5.74) is 0.850. The van der Waals surface area contributed by atoms with E-state index in [0.29, 0.717) is 21.8 Å². The molecule has 26 heavy (non-hydrogen) atoms. The molecule has 4 nitrogen and oxygen atoms in total. The number of halogens is 3. The highest BCUT2D eigenvalue weighted by Crippen LogP contribution is 2.32. The molecule has 7 heteroatoms. The summed E-state index contributed by atoms with van der Waals surface area (Å²) >= 11 is 6.04. The van der Waals surface area contributed by atoms with Gasteiger partial charge in [0.05, 0.1) is 11.2 Å². The number of furan rings is 1. The second kappa shape index (κ2) is 7.19. The molecular weight excluding hydrogens is 362 g/mol. The highest BCUT2D eigenvalue weighted by molar-refractivity contribution is 6.35. The summed E-state index contributed by atoms with van der Waals surface area (Å²) in [5.74, 6) is 0.135. The average Bonchev–Trinajstić information content (AvgIpc) is 3.06. The molecule has 0 saturated heterocycles. The van der Waals surface area contributed by atoms with Crippen LogP contribution in [0.2, 0.25) is 5.02 Å². The number of fused-ring (bicyclic) bond motifs is 1. The lowest BCUT2D eigenvalue weighted by Crippen LogP contribution is -2.11. The first-order chi connectivity index (χ1) is 12.6. The van der Waals surface area contributed by atoms with Crippen LogP contribution in [0.1, 0.15) is 49.4 Å². The van der Waals surface area contributed by atoms with Gasteiger partial charge in [-0.15, -0.1) is 0 Å². The Morgan fingerprint density at radius 2 is 2.00 bits per heavy atom. The standard InChI is InChI=1S/C19H17ClF2N2O2/c20-14-7-6-12(17-13(14)8-16(22)26-17)10-25-19-15(21)9-23-18(24-19)11-4-2-1-3-5-11/h6-9,11H,1-5,10H2. The van der Waals surface area contributed by atoms with E-state index in [4.69, 9.17) is 20.8 Å². The zero-order valence-electron chi connectivity index (χ0n) is 14.0. The van der Waals surface area contributed by atoms with Gasteiger partial charge in [-0.2, -0.15) is 13.8 Å². The molecule has 2 aromatic heterocycles. The Balaban J connectivity index is 1.57. The van der Waals surface area contributed by atoms with Gasteiger partial charge in [-0.05, 0) is 18.9 Å². The van der Waals surface area contributed by atoms with Crippen molar-refractivity contribution in [3.8, 4) is 5.88 Å². The maximum atomic E-state index is 14.1. The molecule has 3 aromatic rings. The molecule has 1 saturated carbocycles. The molecule has 0 spiro atoms. The topological polar surface area (TPSA) is 48.2 Å². The highest BCUT2D eigenvalue weighted by atomic mass is 35.5. The molecule has 4 rings (SSSR count). The van der Waals surface area contributed by atoms with Crippen molar-refractivity contribution in [2.45, 2.75) is 44.6 Å². The van der Waals surface area contributed by atoms with Gasteiger partial charge in [0, 0.05) is 22.9 Å². The first-order valence-corrected chi connectivity index (χ1v) is 9.01. The minimum absolute atomic E-state index is 0.0152. The fourth-order valence-corrected chi connectivity index (χ4v) is 3.60. The Morgan fingerprint density at radius 3 is 2.81 bits per heavy atom. The van der Waals surface area contributed by atoms with E-state index >= 15 is 0 Å². The van der Waals surface area contributed by atoms with E-state index in [-0.39, 0.29) is 24.0 Å². The van der Waals surface area contributed by atoms with Gasteiger partial charge < -0.3 is 9.15 Å². The second-order valence-corrected chi connectivity index (χ2v) is 6.91. The number of hydrogen-bond donors (Lipinski definition) is 0. The predicted octanol–water partition coefficient (Wildman–Crippen LogP) is 5.78. The van der Waals surface area contributed by atoms with Crippen molar-refractivity contribution in [2.24, 2.45) is 0 Å². The summed E-state index contributed by atoms with van der Waals surface area (Å²) in [6.07, 6.45) is 6.65. The van der Waals surface area contributed by atoms with E-state index < -0.39 is 11.8 Å². The highest BCUT2D eigenvalue weighted by Gasteiger charge is 2.20. The van der Waals surface area contributed by atoms with Crippen LogP contribution in [0, 0.1) is 11.8 Å². The zero-order chi connectivity index (χ0) is 18.1. The van der Waals surface area contributed by atoms with E-state index in [1.165, 1.54) is 12.5 Å². The van der Waals surface area contributed by atoms with Gasteiger partial charge in [0.1, 0.15) is 18.0 Å². The molecule has 1 aliphatic rings. The molecule has 1 aliphatic carbocycles. The van der Waals surface area contributed by atoms with Gasteiger partial charge in [0.2, 0.25) is 5.82 Å². The molecule has 2 heterocycles. The van der Waals surface area contributed by atoms with Gasteiger partial charge >= 0.3 is 0 Å².